The van der Waals surface area contributed by atoms with Gasteiger partial charge < -0.3 is 10.6 Å². The molecule has 1 heterocycles. The SMILES string of the molecule is CCCNc1nccc(C(=O)NC2CCCC2)c1F. The summed E-state index contributed by atoms with van der Waals surface area (Å²) in [4.78, 5) is 16.0. The van der Waals surface area contributed by atoms with Crippen molar-refractivity contribution in [3.63, 3.8) is 0 Å². The zero-order valence-electron chi connectivity index (χ0n) is 11.2. The standard InChI is InChI=1S/C14H20FN3O/c1-2-8-16-13-12(15)11(7-9-17-13)14(19)18-10-5-3-4-6-10/h7,9-10H,2-6,8H2,1H3,(H,16,17)(H,18,19). The van der Waals surface area contributed by atoms with Crippen LogP contribution in [0, 0.1) is 5.82 Å². The van der Waals surface area contributed by atoms with Crippen LogP contribution in [0.5, 0.6) is 0 Å². The fourth-order valence-corrected chi connectivity index (χ4v) is 2.32. The minimum Gasteiger partial charge on any atom is -0.368 e. The third-order valence-corrected chi connectivity index (χ3v) is 3.37. The maximum Gasteiger partial charge on any atom is 0.254 e. The molecule has 19 heavy (non-hydrogen) atoms. The second-order valence-corrected chi connectivity index (χ2v) is 4.90. The Morgan fingerprint density at radius 2 is 2.21 bits per heavy atom. The van der Waals surface area contributed by atoms with Gasteiger partial charge >= 0.3 is 0 Å². The number of aromatic nitrogens is 1. The lowest BCUT2D eigenvalue weighted by molar-refractivity contribution is 0.0933. The van der Waals surface area contributed by atoms with Gasteiger partial charge in [0, 0.05) is 18.8 Å². The van der Waals surface area contributed by atoms with Crippen LogP contribution in [-0.2, 0) is 0 Å². The van der Waals surface area contributed by atoms with Crippen molar-refractivity contribution < 1.29 is 9.18 Å². The number of rotatable bonds is 5. The van der Waals surface area contributed by atoms with E-state index in [4.69, 9.17) is 0 Å². The van der Waals surface area contributed by atoms with Crippen LogP contribution < -0.4 is 10.6 Å². The predicted molar refractivity (Wildman–Crippen MR) is 72.7 cm³/mol. The number of carbonyl (C=O) groups is 1. The first-order valence-electron chi connectivity index (χ1n) is 6.91. The summed E-state index contributed by atoms with van der Waals surface area (Å²) in [5.41, 5.74) is 0.0699. The van der Waals surface area contributed by atoms with Gasteiger partial charge in [0.05, 0.1) is 5.56 Å². The molecule has 2 N–H and O–H groups in total. The Morgan fingerprint density at radius 3 is 2.89 bits per heavy atom. The zero-order chi connectivity index (χ0) is 13.7. The van der Waals surface area contributed by atoms with Crippen molar-refractivity contribution in [2.24, 2.45) is 0 Å². The number of halogens is 1. The van der Waals surface area contributed by atoms with E-state index in [1.54, 1.807) is 0 Å². The maximum atomic E-state index is 14.1. The van der Waals surface area contributed by atoms with Crippen LogP contribution in [-0.4, -0.2) is 23.5 Å². The molecule has 1 saturated carbocycles. The Morgan fingerprint density at radius 1 is 1.47 bits per heavy atom. The van der Waals surface area contributed by atoms with E-state index in [0.29, 0.717) is 6.54 Å². The largest absolute Gasteiger partial charge is 0.368 e. The highest BCUT2D eigenvalue weighted by molar-refractivity contribution is 5.95. The van der Waals surface area contributed by atoms with E-state index in [0.717, 1.165) is 32.1 Å². The summed E-state index contributed by atoms with van der Waals surface area (Å²) in [7, 11) is 0. The van der Waals surface area contributed by atoms with Gasteiger partial charge in [-0.1, -0.05) is 19.8 Å². The molecule has 1 aliphatic rings. The monoisotopic (exact) mass is 265 g/mol. The molecule has 1 fully saturated rings. The summed E-state index contributed by atoms with van der Waals surface area (Å²) in [5, 5.41) is 5.77. The lowest BCUT2D eigenvalue weighted by atomic mass is 10.2. The number of amides is 1. The molecule has 1 aliphatic carbocycles. The van der Waals surface area contributed by atoms with Gasteiger partial charge in [-0.15, -0.1) is 0 Å². The summed E-state index contributed by atoms with van der Waals surface area (Å²) >= 11 is 0. The van der Waals surface area contributed by atoms with E-state index in [9.17, 15) is 9.18 Å². The van der Waals surface area contributed by atoms with Gasteiger partial charge in [0.1, 0.15) is 0 Å². The summed E-state index contributed by atoms with van der Waals surface area (Å²) in [5.74, 6) is -0.751. The first-order chi connectivity index (χ1) is 9.22. The fourth-order valence-electron chi connectivity index (χ4n) is 2.32. The van der Waals surface area contributed by atoms with Gasteiger partial charge in [-0.2, -0.15) is 0 Å². The average Bonchev–Trinajstić information content (AvgIpc) is 2.90. The normalized spacial score (nSPS) is 15.5. The van der Waals surface area contributed by atoms with Gasteiger partial charge in [-0.05, 0) is 25.3 Å². The van der Waals surface area contributed by atoms with Gasteiger partial charge in [0.2, 0.25) is 0 Å². The minimum atomic E-state index is -0.563. The number of hydrogen-bond donors (Lipinski definition) is 2. The molecule has 104 valence electrons. The molecular formula is C14H20FN3O. The molecule has 0 aliphatic heterocycles. The van der Waals surface area contributed by atoms with Crippen LogP contribution in [0.3, 0.4) is 0 Å². The predicted octanol–water partition coefficient (Wildman–Crippen LogP) is 2.72. The van der Waals surface area contributed by atoms with E-state index >= 15 is 0 Å². The lowest BCUT2D eigenvalue weighted by Gasteiger charge is -2.13. The second kappa shape index (κ2) is 6.50. The van der Waals surface area contributed by atoms with E-state index in [2.05, 4.69) is 15.6 Å². The molecule has 2 rings (SSSR count). The number of nitrogens with zero attached hydrogens (tertiary/aromatic N) is 1. The third kappa shape index (κ3) is 3.43. The minimum absolute atomic E-state index is 0.0699. The lowest BCUT2D eigenvalue weighted by Crippen LogP contribution is -2.33. The van der Waals surface area contributed by atoms with Crippen molar-refractivity contribution in [2.75, 3.05) is 11.9 Å². The van der Waals surface area contributed by atoms with Crippen LogP contribution in [0.2, 0.25) is 0 Å². The van der Waals surface area contributed by atoms with Crippen LogP contribution in [0.4, 0.5) is 10.2 Å². The van der Waals surface area contributed by atoms with Crippen molar-refractivity contribution in [3.8, 4) is 0 Å². The number of anilines is 1. The molecule has 0 spiro atoms. The number of nitrogens with one attached hydrogen (secondary N) is 2. The van der Waals surface area contributed by atoms with Gasteiger partial charge in [-0.3, -0.25) is 4.79 Å². The molecule has 1 aromatic heterocycles. The third-order valence-electron chi connectivity index (χ3n) is 3.37. The summed E-state index contributed by atoms with van der Waals surface area (Å²) in [6.07, 6.45) is 6.57. The van der Waals surface area contributed by atoms with Crippen molar-refractivity contribution >= 4 is 11.7 Å². The molecule has 0 radical (unpaired) electrons. The summed E-state index contributed by atoms with van der Waals surface area (Å²) in [6, 6.07) is 1.61. The highest BCUT2D eigenvalue weighted by Gasteiger charge is 2.21. The van der Waals surface area contributed by atoms with Gasteiger partial charge in [-0.25, -0.2) is 9.37 Å². The molecule has 0 saturated heterocycles. The van der Waals surface area contributed by atoms with Gasteiger partial charge in [0.25, 0.3) is 5.91 Å². The van der Waals surface area contributed by atoms with Crippen molar-refractivity contribution in [1.82, 2.24) is 10.3 Å². The second-order valence-electron chi connectivity index (χ2n) is 4.90. The molecule has 0 aromatic carbocycles. The van der Waals surface area contributed by atoms with E-state index < -0.39 is 5.82 Å². The number of pyridine rings is 1. The molecule has 4 nitrogen and oxygen atoms in total. The first kappa shape index (κ1) is 13.8. The Balaban J connectivity index is 2.07. The van der Waals surface area contributed by atoms with Crippen molar-refractivity contribution in [2.45, 2.75) is 45.1 Å². The number of carbonyl (C=O) groups excluding carboxylic acids is 1. The highest BCUT2D eigenvalue weighted by atomic mass is 19.1. The molecular weight excluding hydrogens is 245 g/mol. The van der Waals surface area contributed by atoms with Gasteiger partial charge in [0.15, 0.2) is 11.6 Å². The van der Waals surface area contributed by atoms with Crippen LogP contribution >= 0.6 is 0 Å². The molecule has 0 atom stereocenters. The van der Waals surface area contributed by atoms with E-state index in [-0.39, 0.29) is 23.3 Å². The number of hydrogen-bond acceptors (Lipinski definition) is 3. The van der Waals surface area contributed by atoms with Crippen LogP contribution in [0.1, 0.15) is 49.4 Å². The zero-order valence-corrected chi connectivity index (χ0v) is 11.2. The molecule has 5 heteroatoms. The summed E-state index contributed by atoms with van der Waals surface area (Å²) in [6.45, 7) is 2.62. The fraction of sp³-hybridized carbons (Fsp3) is 0.571. The van der Waals surface area contributed by atoms with E-state index in [1.165, 1.54) is 12.3 Å². The summed E-state index contributed by atoms with van der Waals surface area (Å²) < 4.78 is 14.1. The maximum absolute atomic E-state index is 14.1. The molecule has 1 aromatic rings. The molecule has 0 unspecified atom stereocenters. The Kier molecular flexibility index (Phi) is 4.71. The van der Waals surface area contributed by atoms with Crippen molar-refractivity contribution in [1.29, 1.82) is 0 Å². The van der Waals surface area contributed by atoms with E-state index in [1.807, 2.05) is 6.92 Å². The van der Waals surface area contributed by atoms with Crippen LogP contribution in [0.15, 0.2) is 12.3 Å². The van der Waals surface area contributed by atoms with Crippen LogP contribution in [0.25, 0.3) is 0 Å². The Hall–Kier alpha value is -1.65. The van der Waals surface area contributed by atoms with Crippen molar-refractivity contribution in [3.05, 3.63) is 23.6 Å². The molecule has 0 bridgehead atoms. The topological polar surface area (TPSA) is 54.0 Å². The first-order valence-corrected chi connectivity index (χ1v) is 6.91. The smallest absolute Gasteiger partial charge is 0.254 e. The quantitative estimate of drug-likeness (QED) is 0.860. The Bertz CT molecular complexity index is 444. The highest BCUT2D eigenvalue weighted by Crippen LogP contribution is 2.20. The Labute approximate surface area is 112 Å². The average molecular weight is 265 g/mol. The molecule has 1 amide bonds.